The van der Waals surface area contributed by atoms with Crippen LogP contribution < -0.4 is 11.2 Å². The van der Waals surface area contributed by atoms with E-state index < -0.39 is 6.03 Å². The Kier molecular flexibility index (Phi) is 12.6. The number of carbonyl (C=O) groups excluding carboxylic acids is 1. The Morgan fingerprint density at radius 1 is 1.65 bits per heavy atom. The van der Waals surface area contributed by atoms with Crippen molar-refractivity contribution in [2.75, 3.05) is 19.3 Å². The fourth-order valence-electron chi connectivity index (χ4n) is 1.22. The molecule has 1 rings (SSSR count). The molecule has 0 aromatic carbocycles. The van der Waals surface area contributed by atoms with Crippen LogP contribution in [0.2, 0.25) is 0 Å². The zero-order valence-corrected chi connectivity index (χ0v) is 13.8. The third-order valence-electron chi connectivity index (χ3n) is 2.26. The number of imidazole rings is 1. The molecule has 116 valence electrons. The number of nitrogens with zero attached hydrogens (tertiary/aromatic N) is 3. The normalized spacial score (nSPS) is 9.90. The molecule has 0 aliphatic rings. The van der Waals surface area contributed by atoms with Crippen molar-refractivity contribution in [1.82, 2.24) is 20.4 Å². The summed E-state index contributed by atoms with van der Waals surface area (Å²) in [6.07, 6.45) is 3.09. The fraction of sp³-hybridized carbons (Fsp3) is 0.500. The van der Waals surface area contributed by atoms with Gasteiger partial charge in [0.2, 0.25) is 0 Å². The Morgan fingerprint density at radius 3 is 2.85 bits per heavy atom. The molecule has 0 radical (unpaired) electrons. The maximum Gasteiger partial charge on any atom is 0.339 e. The van der Waals surface area contributed by atoms with Gasteiger partial charge in [-0.3, -0.25) is 5.01 Å². The number of primary amides is 1. The lowest BCUT2D eigenvalue weighted by molar-refractivity contribution is 0.256. The average Bonchev–Trinajstić information content (AvgIpc) is 2.74. The summed E-state index contributed by atoms with van der Waals surface area (Å²) in [5.74, 6) is 1.75. The number of hydrogen-bond acceptors (Lipinski definition) is 4. The summed E-state index contributed by atoms with van der Waals surface area (Å²) in [6.45, 7) is 2.73. The van der Waals surface area contributed by atoms with Crippen LogP contribution >= 0.6 is 36.6 Å². The van der Waals surface area contributed by atoms with E-state index in [0.717, 1.165) is 29.4 Å². The molecule has 0 saturated carbocycles. The minimum absolute atomic E-state index is 0. The van der Waals surface area contributed by atoms with Crippen molar-refractivity contribution >= 4 is 48.9 Å². The molecule has 1 aromatic heterocycles. The molecule has 0 bridgehead atoms. The van der Waals surface area contributed by atoms with Gasteiger partial charge in [0.1, 0.15) is 6.34 Å². The second kappa shape index (κ2) is 11.8. The van der Waals surface area contributed by atoms with Gasteiger partial charge in [-0.2, -0.15) is 16.8 Å². The molecular weight excluding hydrogens is 323 g/mol. The lowest BCUT2D eigenvalue weighted by Crippen LogP contribution is -2.36. The molecule has 0 aliphatic heterocycles. The van der Waals surface area contributed by atoms with Gasteiger partial charge in [-0.25, -0.2) is 15.2 Å². The van der Waals surface area contributed by atoms with E-state index in [1.807, 2.05) is 6.92 Å². The predicted octanol–water partition coefficient (Wildman–Crippen LogP) is 1.34. The number of nitrogens with one attached hydrogen (secondary N) is 2. The standard InChI is InChI=1S/C10H18N6OS.2ClH/c1-8-9(14-6-13-8)5-18-4-3-16(12-2)7-15-10(11)17;;/h6-7,12H,3-5H2,1-2H3,(H2,11,17)(H,13,14);2*1H/b15-7+;;. The third-order valence-corrected chi connectivity index (χ3v) is 3.21. The molecule has 4 N–H and O–H groups in total. The Morgan fingerprint density at radius 2 is 2.35 bits per heavy atom. The number of aliphatic imine (C=N–C) groups is 1. The molecule has 0 spiro atoms. The molecule has 0 saturated heterocycles. The third kappa shape index (κ3) is 8.26. The van der Waals surface area contributed by atoms with E-state index in [1.54, 1.807) is 30.1 Å². The summed E-state index contributed by atoms with van der Waals surface area (Å²) in [7, 11) is 1.76. The van der Waals surface area contributed by atoms with Gasteiger partial charge in [-0.1, -0.05) is 0 Å². The van der Waals surface area contributed by atoms with Gasteiger partial charge in [0, 0.05) is 30.8 Å². The van der Waals surface area contributed by atoms with E-state index in [4.69, 9.17) is 5.73 Å². The quantitative estimate of drug-likeness (QED) is 0.300. The fourth-order valence-corrected chi connectivity index (χ4v) is 2.17. The van der Waals surface area contributed by atoms with Crippen molar-refractivity contribution < 1.29 is 4.79 Å². The zero-order valence-electron chi connectivity index (χ0n) is 11.3. The molecule has 0 atom stereocenters. The van der Waals surface area contributed by atoms with Gasteiger partial charge in [-0.05, 0) is 6.92 Å². The summed E-state index contributed by atoms with van der Waals surface area (Å²) in [5, 5.41) is 1.70. The Balaban J connectivity index is 0. The average molecular weight is 343 g/mol. The number of H-pyrrole nitrogens is 1. The van der Waals surface area contributed by atoms with Gasteiger partial charge >= 0.3 is 6.03 Å². The van der Waals surface area contributed by atoms with Crippen LogP contribution in [0.4, 0.5) is 4.79 Å². The number of hydrogen-bond donors (Lipinski definition) is 3. The van der Waals surface area contributed by atoms with Crippen molar-refractivity contribution in [1.29, 1.82) is 0 Å². The molecule has 1 aromatic rings. The molecule has 7 nitrogen and oxygen atoms in total. The number of amides is 2. The van der Waals surface area contributed by atoms with E-state index in [-0.39, 0.29) is 24.8 Å². The molecule has 10 heteroatoms. The number of rotatable bonds is 7. The molecule has 1 heterocycles. The highest BCUT2D eigenvalue weighted by Crippen LogP contribution is 2.11. The first-order chi connectivity index (χ1) is 8.63. The smallest absolute Gasteiger partial charge is 0.339 e. The summed E-state index contributed by atoms with van der Waals surface area (Å²) in [5.41, 5.74) is 10.00. The number of carbonyl (C=O) groups is 1. The van der Waals surface area contributed by atoms with Crippen molar-refractivity contribution in [3.05, 3.63) is 17.7 Å². The topological polar surface area (TPSA) is 99.4 Å². The zero-order chi connectivity index (χ0) is 13.4. The largest absolute Gasteiger partial charge is 0.350 e. The van der Waals surface area contributed by atoms with Crippen LogP contribution in [0.3, 0.4) is 0 Å². The minimum atomic E-state index is -0.699. The SMILES string of the molecule is CNN(/C=N/C(N)=O)CCSCc1nc[nH]c1C.Cl.Cl. The van der Waals surface area contributed by atoms with Crippen LogP contribution in [-0.2, 0) is 5.75 Å². The Hall–Kier alpha value is -0.960. The first-order valence-corrected chi connectivity index (χ1v) is 6.63. The maximum absolute atomic E-state index is 10.5. The molecule has 2 amide bonds. The summed E-state index contributed by atoms with van der Waals surface area (Å²) >= 11 is 1.76. The van der Waals surface area contributed by atoms with E-state index >= 15 is 0 Å². The maximum atomic E-state index is 10.5. The lowest BCUT2D eigenvalue weighted by Gasteiger charge is -2.16. The molecule has 20 heavy (non-hydrogen) atoms. The summed E-state index contributed by atoms with van der Waals surface area (Å²) < 4.78 is 0. The second-order valence-electron chi connectivity index (χ2n) is 3.53. The van der Waals surface area contributed by atoms with Gasteiger partial charge in [0.15, 0.2) is 0 Å². The highest BCUT2D eigenvalue weighted by Gasteiger charge is 2.02. The van der Waals surface area contributed by atoms with E-state index in [0.29, 0.717) is 0 Å². The minimum Gasteiger partial charge on any atom is -0.350 e. The van der Waals surface area contributed by atoms with Crippen molar-refractivity contribution in [3.63, 3.8) is 0 Å². The van der Waals surface area contributed by atoms with Crippen LogP contribution in [-0.4, -0.2) is 46.7 Å². The summed E-state index contributed by atoms with van der Waals surface area (Å²) in [4.78, 5) is 21.2. The summed E-state index contributed by atoms with van der Waals surface area (Å²) in [6, 6.07) is -0.699. The van der Waals surface area contributed by atoms with Crippen molar-refractivity contribution in [2.24, 2.45) is 10.7 Å². The highest BCUT2D eigenvalue weighted by atomic mass is 35.5. The van der Waals surface area contributed by atoms with Crippen LogP contribution in [0.1, 0.15) is 11.4 Å². The number of urea groups is 1. The number of thioether (sulfide) groups is 1. The second-order valence-corrected chi connectivity index (χ2v) is 4.63. The number of aromatic amines is 1. The van der Waals surface area contributed by atoms with E-state index in [9.17, 15) is 4.79 Å². The van der Waals surface area contributed by atoms with Crippen molar-refractivity contribution in [3.8, 4) is 0 Å². The van der Waals surface area contributed by atoms with Crippen LogP contribution in [0.5, 0.6) is 0 Å². The Bertz CT molecular complexity index is 414. The number of aromatic nitrogens is 2. The molecule has 0 fully saturated rings. The van der Waals surface area contributed by atoms with Crippen LogP contribution in [0.15, 0.2) is 11.3 Å². The van der Waals surface area contributed by atoms with Crippen molar-refractivity contribution in [2.45, 2.75) is 12.7 Å². The van der Waals surface area contributed by atoms with Crippen LogP contribution in [0, 0.1) is 6.92 Å². The number of nitrogens with two attached hydrogens (primary N) is 1. The lowest BCUT2D eigenvalue weighted by atomic mass is 10.4. The highest BCUT2D eigenvalue weighted by molar-refractivity contribution is 7.98. The molecule has 0 unspecified atom stereocenters. The van der Waals surface area contributed by atoms with Crippen LogP contribution in [0.25, 0.3) is 0 Å². The first kappa shape index (κ1) is 21.3. The number of hydrazine groups is 1. The van der Waals surface area contributed by atoms with Gasteiger partial charge in [0.25, 0.3) is 0 Å². The van der Waals surface area contributed by atoms with Gasteiger partial charge < -0.3 is 10.7 Å². The monoisotopic (exact) mass is 342 g/mol. The molecule has 0 aliphatic carbocycles. The number of halogens is 2. The predicted molar refractivity (Wildman–Crippen MR) is 87.8 cm³/mol. The van der Waals surface area contributed by atoms with Gasteiger partial charge in [0.05, 0.1) is 12.0 Å². The van der Waals surface area contributed by atoms with E-state index in [2.05, 4.69) is 20.4 Å². The molecular formula is C10H20Cl2N6OS. The van der Waals surface area contributed by atoms with E-state index in [1.165, 1.54) is 6.34 Å². The number of aryl methyl sites for hydroxylation is 1. The Labute approximate surface area is 135 Å². The van der Waals surface area contributed by atoms with Gasteiger partial charge in [-0.15, -0.1) is 24.8 Å². The first-order valence-electron chi connectivity index (χ1n) is 5.47.